The molecular weight excluding hydrogens is 270 g/mol. The summed E-state index contributed by atoms with van der Waals surface area (Å²) in [6.45, 7) is 0.421. The summed E-state index contributed by atoms with van der Waals surface area (Å²) in [6, 6.07) is 8.06. The molecule has 1 saturated carbocycles. The molecule has 16 heavy (non-hydrogen) atoms. The number of hydrogen-bond donors (Lipinski definition) is 2. The van der Waals surface area contributed by atoms with Crippen LogP contribution in [0.25, 0.3) is 0 Å². The van der Waals surface area contributed by atoms with Crippen molar-refractivity contribution < 1.29 is 9.84 Å². The molecule has 0 amide bonds. The highest BCUT2D eigenvalue weighted by atomic mass is 79.9. The van der Waals surface area contributed by atoms with Crippen LogP contribution in [0.3, 0.4) is 0 Å². The molecule has 3 N–H and O–H groups in total. The molecule has 88 valence electrons. The Balaban J connectivity index is 1.80. The molecule has 0 radical (unpaired) electrons. The molecule has 1 aromatic carbocycles. The monoisotopic (exact) mass is 285 g/mol. The van der Waals surface area contributed by atoms with E-state index in [4.69, 9.17) is 15.6 Å². The minimum absolute atomic E-state index is 0.0182. The Kier molecular flexibility index (Phi) is 3.97. The Morgan fingerprint density at radius 3 is 2.75 bits per heavy atom. The van der Waals surface area contributed by atoms with Crippen molar-refractivity contribution in [2.24, 2.45) is 5.73 Å². The normalized spacial score (nSPS) is 25.4. The lowest BCUT2D eigenvalue weighted by Gasteiger charge is -2.08. The minimum atomic E-state index is -0.258. The van der Waals surface area contributed by atoms with Crippen molar-refractivity contribution in [3.8, 4) is 0 Å². The van der Waals surface area contributed by atoms with Gasteiger partial charge in [-0.25, -0.2) is 0 Å². The lowest BCUT2D eigenvalue weighted by atomic mass is 10.1. The third-order valence-corrected chi connectivity index (χ3v) is 3.32. The van der Waals surface area contributed by atoms with Crippen LogP contribution < -0.4 is 5.73 Å². The lowest BCUT2D eigenvalue weighted by Crippen LogP contribution is -2.30. The zero-order valence-corrected chi connectivity index (χ0v) is 10.6. The van der Waals surface area contributed by atoms with E-state index < -0.39 is 0 Å². The number of hydrogen-bond acceptors (Lipinski definition) is 3. The topological polar surface area (TPSA) is 55.5 Å². The van der Waals surface area contributed by atoms with Crippen molar-refractivity contribution in [1.29, 1.82) is 0 Å². The highest BCUT2D eigenvalue weighted by Gasteiger charge is 2.39. The van der Waals surface area contributed by atoms with E-state index in [1.165, 1.54) is 5.56 Å². The van der Waals surface area contributed by atoms with Gasteiger partial charge < -0.3 is 15.6 Å². The first-order valence-corrected chi connectivity index (χ1v) is 6.23. The molecule has 3 nitrogen and oxygen atoms in total. The van der Waals surface area contributed by atoms with Gasteiger partial charge in [0.1, 0.15) is 0 Å². The molecule has 3 atom stereocenters. The van der Waals surface area contributed by atoms with Gasteiger partial charge in [-0.15, -0.1) is 0 Å². The van der Waals surface area contributed by atoms with Crippen molar-refractivity contribution in [3.63, 3.8) is 0 Å². The fourth-order valence-corrected chi connectivity index (χ4v) is 1.98. The van der Waals surface area contributed by atoms with E-state index in [9.17, 15) is 0 Å². The first-order chi connectivity index (χ1) is 7.70. The molecule has 0 saturated heterocycles. The molecule has 1 aromatic rings. The molecule has 0 aliphatic heterocycles. The van der Waals surface area contributed by atoms with E-state index in [-0.39, 0.29) is 18.8 Å². The Morgan fingerprint density at radius 1 is 1.44 bits per heavy atom. The highest BCUT2D eigenvalue weighted by Crippen LogP contribution is 2.43. The third kappa shape index (κ3) is 3.04. The second-order valence-corrected chi connectivity index (χ2v) is 5.12. The van der Waals surface area contributed by atoms with Gasteiger partial charge in [-0.2, -0.15) is 0 Å². The number of nitrogens with two attached hydrogens (primary N) is 1. The van der Waals surface area contributed by atoms with E-state index in [0.29, 0.717) is 12.5 Å². The molecule has 2 rings (SSSR count). The van der Waals surface area contributed by atoms with Gasteiger partial charge in [0.15, 0.2) is 0 Å². The Hall–Kier alpha value is -0.420. The number of aliphatic hydroxyl groups is 1. The standard InChI is InChI=1S/C12H16BrNO2/c13-9-3-1-8(2-4-9)11-5-12(11)16-7-10(14)6-15/h1-4,10-12,15H,5-7,14H2/t10?,11-,12+/m0/s1. The first kappa shape index (κ1) is 12.0. The molecule has 1 fully saturated rings. The van der Waals surface area contributed by atoms with Gasteiger partial charge in [0, 0.05) is 10.4 Å². The second kappa shape index (κ2) is 5.27. The van der Waals surface area contributed by atoms with Crippen LogP contribution in [0.2, 0.25) is 0 Å². The van der Waals surface area contributed by atoms with Gasteiger partial charge >= 0.3 is 0 Å². The fraction of sp³-hybridized carbons (Fsp3) is 0.500. The molecule has 1 aliphatic carbocycles. The zero-order chi connectivity index (χ0) is 11.5. The van der Waals surface area contributed by atoms with E-state index in [0.717, 1.165) is 10.9 Å². The second-order valence-electron chi connectivity index (χ2n) is 4.21. The van der Waals surface area contributed by atoms with E-state index in [1.54, 1.807) is 0 Å². The van der Waals surface area contributed by atoms with Crippen molar-refractivity contribution in [3.05, 3.63) is 34.3 Å². The Bertz CT molecular complexity index is 341. The molecule has 0 spiro atoms. The van der Waals surface area contributed by atoms with Gasteiger partial charge in [-0.05, 0) is 24.1 Å². The average Bonchev–Trinajstić information content (AvgIpc) is 3.06. The first-order valence-electron chi connectivity index (χ1n) is 5.44. The highest BCUT2D eigenvalue weighted by molar-refractivity contribution is 9.10. The van der Waals surface area contributed by atoms with Crippen molar-refractivity contribution in [2.45, 2.75) is 24.5 Å². The predicted molar refractivity (Wildman–Crippen MR) is 66.3 cm³/mol. The van der Waals surface area contributed by atoms with Crippen molar-refractivity contribution in [2.75, 3.05) is 13.2 Å². The Morgan fingerprint density at radius 2 is 2.12 bits per heavy atom. The van der Waals surface area contributed by atoms with Crippen LogP contribution in [0.1, 0.15) is 17.9 Å². The van der Waals surface area contributed by atoms with Gasteiger partial charge in [-0.1, -0.05) is 28.1 Å². The van der Waals surface area contributed by atoms with E-state index in [2.05, 4.69) is 28.1 Å². The van der Waals surface area contributed by atoms with E-state index in [1.807, 2.05) is 12.1 Å². The maximum Gasteiger partial charge on any atom is 0.0652 e. The zero-order valence-electron chi connectivity index (χ0n) is 8.97. The summed E-state index contributed by atoms with van der Waals surface area (Å²) >= 11 is 3.41. The van der Waals surface area contributed by atoms with Gasteiger partial charge in [0.25, 0.3) is 0 Å². The third-order valence-electron chi connectivity index (χ3n) is 2.79. The number of halogens is 1. The summed E-state index contributed by atoms with van der Waals surface area (Å²) in [5.74, 6) is 0.499. The molecule has 0 bridgehead atoms. The molecule has 4 heteroatoms. The SMILES string of the molecule is NC(CO)CO[C@@H]1C[C@H]1c1ccc(Br)cc1. The Labute approximate surface area is 104 Å². The van der Waals surface area contributed by atoms with Gasteiger partial charge in [0.05, 0.1) is 25.4 Å². The smallest absolute Gasteiger partial charge is 0.0652 e. The van der Waals surface area contributed by atoms with Crippen LogP contribution in [0.5, 0.6) is 0 Å². The van der Waals surface area contributed by atoms with Crippen LogP contribution in [0, 0.1) is 0 Å². The van der Waals surface area contributed by atoms with Crippen molar-refractivity contribution >= 4 is 15.9 Å². The number of aliphatic hydroxyl groups excluding tert-OH is 1. The minimum Gasteiger partial charge on any atom is -0.395 e. The quantitative estimate of drug-likeness (QED) is 0.865. The summed E-state index contributed by atoms with van der Waals surface area (Å²) in [4.78, 5) is 0. The molecule has 1 aliphatic rings. The van der Waals surface area contributed by atoms with Crippen LogP contribution in [0.4, 0.5) is 0 Å². The number of benzene rings is 1. The van der Waals surface area contributed by atoms with Crippen LogP contribution in [-0.4, -0.2) is 30.5 Å². The summed E-state index contributed by atoms with van der Waals surface area (Å²) in [6.07, 6.45) is 1.33. The molecule has 0 heterocycles. The summed E-state index contributed by atoms with van der Waals surface area (Å²) in [5, 5.41) is 8.77. The van der Waals surface area contributed by atoms with Crippen LogP contribution in [-0.2, 0) is 4.74 Å². The molecule has 1 unspecified atom stereocenters. The number of rotatable bonds is 5. The average molecular weight is 286 g/mol. The fourth-order valence-electron chi connectivity index (χ4n) is 1.72. The maximum absolute atomic E-state index is 8.77. The molecule has 0 aromatic heterocycles. The maximum atomic E-state index is 8.77. The number of ether oxygens (including phenoxy) is 1. The lowest BCUT2D eigenvalue weighted by molar-refractivity contribution is 0.0860. The largest absolute Gasteiger partial charge is 0.395 e. The van der Waals surface area contributed by atoms with Gasteiger partial charge in [-0.3, -0.25) is 0 Å². The molecular formula is C12H16BrNO2. The van der Waals surface area contributed by atoms with E-state index >= 15 is 0 Å². The summed E-state index contributed by atoms with van der Waals surface area (Å²) in [7, 11) is 0. The summed E-state index contributed by atoms with van der Waals surface area (Å²) in [5.41, 5.74) is 6.88. The van der Waals surface area contributed by atoms with Crippen LogP contribution >= 0.6 is 15.9 Å². The summed E-state index contributed by atoms with van der Waals surface area (Å²) < 4.78 is 6.70. The van der Waals surface area contributed by atoms with Gasteiger partial charge in [0.2, 0.25) is 0 Å². The van der Waals surface area contributed by atoms with Crippen LogP contribution in [0.15, 0.2) is 28.7 Å². The van der Waals surface area contributed by atoms with Crippen molar-refractivity contribution in [1.82, 2.24) is 0 Å². The predicted octanol–water partition coefficient (Wildman–Crippen LogP) is 1.64.